The fraction of sp³-hybridized carbons (Fsp3) is 0.684. The molecule has 0 saturated carbocycles. The smallest absolute Gasteiger partial charge is 0.0366 e. The minimum Gasteiger partial charge on any atom is -0.371 e. The second kappa shape index (κ2) is 12.5. The molecule has 0 saturated heterocycles. The summed E-state index contributed by atoms with van der Waals surface area (Å²) >= 11 is 0. The van der Waals surface area contributed by atoms with Crippen LogP contribution in [0.25, 0.3) is 0 Å². The lowest BCUT2D eigenvalue weighted by atomic mass is 10.2. The van der Waals surface area contributed by atoms with Crippen molar-refractivity contribution in [2.75, 3.05) is 50.7 Å². The van der Waals surface area contributed by atoms with Gasteiger partial charge in [0, 0.05) is 25.3 Å². The number of likely N-dealkylation sites (N-methyl/N-ethyl adjacent to an activating group) is 2. The Morgan fingerprint density at radius 2 is 1.59 bits per heavy atom. The highest BCUT2D eigenvalue weighted by molar-refractivity contribution is 5.45. The van der Waals surface area contributed by atoms with Crippen LogP contribution in [-0.4, -0.2) is 50.7 Å². The summed E-state index contributed by atoms with van der Waals surface area (Å²) in [5.74, 6) is 0. The second-order valence-electron chi connectivity index (χ2n) is 5.76. The molecule has 0 aliphatic heterocycles. The van der Waals surface area contributed by atoms with E-state index in [1.807, 2.05) is 0 Å². The van der Waals surface area contributed by atoms with E-state index in [1.165, 1.54) is 38.0 Å². The zero-order valence-corrected chi connectivity index (χ0v) is 14.9. The summed E-state index contributed by atoms with van der Waals surface area (Å²) in [6.45, 7) is 14.7. The first-order chi connectivity index (χ1) is 10.8. The van der Waals surface area contributed by atoms with Crippen molar-refractivity contribution in [3.63, 3.8) is 0 Å². The van der Waals surface area contributed by atoms with Gasteiger partial charge in [0.25, 0.3) is 0 Å². The van der Waals surface area contributed by atoms with Crippen molar-refractivity contribution in [1.82, 2.24) is 10.2 Å². The molecule has 22 heavy (non-hydrogen) atoms. The largest absolute Gasteiger partial charge is 0.371 e. The van der Waals surface area contributed by atoms with Gasteiger partial charge in [0.2, 0.25) is 0 Å². The summed E-state index contributed by atoms with van der Waals surface area (Å²) < 4.78 is 0. The van der Waals surface area contributed by atoms with Gasteiger partial charge in [0.1, 0.15) is 0 Å². The van der Waals surface area contributed by atoms with Gasteiger partial charge in [-0.15, -0.1) is 0 Å². The number of nitrogens with zero attached hydrogens (tertiary/aromatic N) is 2. The van der Waals surface area contributed by atoms with Crippen LogP contribution < -0.4 is 10.2 Å². The monoisotopic (exact) mass is 305 g/mol. The molecule has 0 heterocycles. The number of unbranched alkanes of at least 4 members (excludes halogenated alkanes) is 2. The third-order valence-corrected chi connectivity index (χ3v) is 4.21. The van der Waals surface area contributed by atoms with E-state index < -0.39 is 0 Å². The molecule has 0 aliphatic rings. The summed E-state index contributed by atoms with van der Waals surface area (Å²) in [5, 5.41) is 3.40. The molecule has 0 radical (unpaired) electrons. The fourth-order valence-electron chi connectivity index (χ4n) is 2.74. The average molecular weight is 306 g/mol. The Bertz CT molecular complexity index is 353. The van der Waals surface area contributed by atoms with Crippen LogP contribution in [0.5, 0.6) is 0 Å². The standard InChI is InChI=1S/C19H35N3/c1-4-20-15-11-8-12-16-21(5-2)17-18-22(6-3)19-13-9-7-10-14-19/h7,9-10,13-14,20H,4-6,8,11-12,15-18H2,1-3H3. The van der Waals surface area contributed by atoms with E-state index in [0.29, 0.717) is 0 Å². The number of hydrogen-bond donors (Lipinski definition) is 1. The third-order valence-electron chi connectivity index (χ3n) is 4.21. The van der Waals surface area contributed by atoms with Crippen molar-refractivity contribution in [3.05, 3.63) is 30.3 Å². The van der Waals surface area contributed by atoms with Crippen LogP contribution in [0.4, 0.5) is 5.69 Å². The van der Waals surface area contributed by atoms with Gasteiger partial charge in [-0.1, -0.05) is 38.5 Å². The Hall–Kier alpha value is -1.06. The van der Waals surface area contributed by atoms with Gasteiger partial charge in [-0.2, -0.15) is 0 Å². The van der Waals surface area contributed by atoms with Crippen LogP contribution in [0.15, 0.2) is 30.3 Å². The molecule has 3 heteroatoms. The molecule has 1 aromatic carbocycles. The quantitative estimate of drug-likeness (QED) is 0.562. The first-order valence-electron chi connectivity index (χ1n) is 9.04. The maximum atomic E-state index is 3.40. The van der Waals surface area contributed by atoms with Crippen LogP contribution in [0.2, 0.25) is 0 Å². The van der Waals surface area contributed by atoms with E-state index >= 15 is 0 Å². The highest BCUT2D eigenvalue weighted by atomic mass is 15.2. The van der Waals surface area contributed by atoms with Crippen LogP contribution in [0, 0.1) is 0 Å². The van der Waals surface area contributed by atoms with E-state index in [4.69, 9.17) is 0 Å². The molecular weight excluding hydrogens is 270 g/mol. The predicted octanol–water partition coefficient (Wildman–Crippen LogP) is 3.61. The van der Waals surface area contributed by atoms with Gasteiger partial charge in [0.15, 0.2) is 0 Å². The second-order valence-corrected chi connectivity index (χ2v) is 5.76. The summed E-state index contributed by atoms with van der Waals surface area (Å²) in [6, 6.07) is 10.8. The number of rotatable bonds is 13. The number of para-hydroxylation sites is 1. The first-order valence-corrected chi connectivity index (χ1v) is 9.04. The minimum absolute atomic E-state index is 1.07. The van der Waals surface area contributed by atoms with Gasteiger partial charge in [-0.25, -0.2) is 0 Å². The van der Waals surface area contributed by atoms with Crippen molar-refractivity contribution >= 4 is 5.69 Å². The highest BCUT2D eigenvalue weighted by Crippen LogP contribution is 2.12. The molecule has 0 aromatic heterocycles. The van der Waals surface area contributed by atoms with Crippen molar-refractivity contribution in [3.8, 4) is 0 Å². The molecular formula is C19H35N3. The van der Waals surface area contributed by atoms with Crippen LogP contribution >= 0.6 is 0 Å². The molecule has 126 valence electrons. The molecule has 0 atom stereocenters. The van der Waals surface area contributed by atoms with Crippen molar-refractivity contribution in [2.24, 2.45) is 0 Å². The summed E-state index contributed by atoms with van der Waals surface area (Å²) in [5.41, 5.74) is 1.34. The number of anilines is 1. The van der Waals surface area contributed by atoms with Crippen LogP contribution in [0.3, 0.4) is 0 Å². The minimum atomic E-state index is 1.07. The summed E-state index contributed by atoms with van der Waals surface area (Å²) in [7, 11) is 0. The molecule has 0 unspecified atom stereocenters. The van der Waals surface area contributed by atoms with Gasteiger partial charge >= 0.3 is 0 Å². The molecule has 0 fully saturated rings. The Balaban J connectivity index is 2.24. The Kier molecular flexibility index (Phi) is 10.8. The van der Waals surface area contributed by atoms with Crippen LogP contribution in [-0.2, 0) is 0 Å². The lowest BCUT2D eigenvalue weighted by Gasteiger charge is -2.27. The number of hydrogen-bond acceptors (Lipinski definition) is 3. The Labute approximate surface area is 137 Å². The highest BCUT2D eigenvalue weighted by Gasteiger charge is 2.07. The molecule has 0 aliphatic carbocycles. The summed E-state index contributed by atoms with van der Waals surface area (Å²) in [6.07, 6.45) is 3.95. The fourth-order valence-corrected chi connectivity index (χ4v) is 2.74. The van der Waals surface area contributed by atoms with Crippen molar-refractivity contribution in [2.45, 2.75) is 40.0 Å². The lowest BCUT2D eigenvalue weighted by molar-refractivity contribution is 0.286. The Morgan fingerprint density at radius 1 is 0.818 bits per heavy atom. The van der Waals surface area contributed by atoms with Gasteiger partial charge < -0.3 is 15.1 Å². The molecule has 0 amide bonds. The van der Waals surface area contributed by atoms with E-state index in [-0.39, 0.29) is 0 Å². The van der Waals surface area contributed by atoms with E-state index in [1.54, 1.807) is 0 Å². The number of benzene rings is 1. The maximum absolute atomic E-state index is 3.40. The number of nitrogens with one attached hydrogen (secondary N) is 1. The first kappa shape index (κ1) is 19.0. The summed E-state index contributed by atoms with van der Waals surface area (Å²) in [4.78, 5) is 5.05. The molecule has 3 nitrogen and oxygen atoms in total. The van der Waals surface area contributed by atoms with Gasteiger partial charge in [0.05, 0.1) is 0 Å². The van der Waals surface area contributed by atoms with E-state index in [0.717, 1.165) is 32.7 Å². The molecule has 1 rings (SSSR count). The molecule has 1 aromatic rings. The van der Waals surface area contributed by atoms with Crippen molar-refractivity contribution < 1.29 is 0 Å². The molecule has 0 spiro atoms. The normalized spacial score (nSPS) is 11.1. The predicted molar refractivity (Wildman–Crippen MR) is 98.8 cm³/mol. The molecule has 1 N–H and O–H groups in total. The topological polar surface area (TPSA) is 18.5 Å². The maximum Gasteiger partial charge on any atom is 0.0366 e. The zero-order chi connectivity index (χ0) is 16.0. The third kappa shape index (κ3) is 7.81. The zero-order valence-electron chi connectivity index (χ0n) is 14.9. The van der Waals surface area contributed by atoms with E-state index in [9.17, 15) is 0 Å². The van der Waals surface area contributed by atoms with Crippen molar-refractivity contribution in [1.29, 1.82) is 0 Å². The average Bonchev–Trinajstić information content (AvgIpc) is 2.57. The Morgan fingerprint density at radius 3 is 2.23 bits per heavy atom. The van der Waals surface area contributed by atoms with Gasteiger partial charge in [-0.3, -0.25) is 0 Å². The van der Waals surface area contributed by atoms with Gasteiger partial charge in [-0.05, 0) is 58.1 Å². The van der Waals surface area contributed by atoms with E-state index in [2.05, 4.69) is 66.2 Å². The lowest BCUT2D eigenvalue weighted by Crippen LogP contribution is -2.35. The SMILES string of the molecule is CCNCCCCCN(CC)CCN(CC)c1ccccc1. The molecule has 0 bridgehead atoms. The van der Waals surface area contributed by atoms with Crippen LogP contribution in [0.1, 0.15) is 40.0 Å².